The molecule has 4 aliphatic rings. The molecule has 9 rings (SSSR count). The van der Waals surface area contributed by atoms with Crippen molar-refractivity contribution < 1.29 is 118 Å². The van der Waals surface area contributed by atoms with Crippen molar-refractivity contribution in [1.82, 2.24) is 53.9 Å². The molecule has 0 saturated carbocycles. The number of anilines is 2. The maximum absolute atomic E-state index is 14.0. The summed E-state index contributed by atoms with van der Waals surface area (Å²) in [5.74, 6) is -0.782. The molecule has 3 saturated heterocycles. The molecule has 0 aromatic carbocycles. The number of aliphatic hydroxyl groups excluding tert-OH is 3. The second-order valence-corrected chi connectivity index (χ2v) is 24.0. The molecule has 10 unspecified atom stereocenters. The van der Waals surface area contributed by atoms with E-state index in [4.69, 9.17) is 64.0 Å². The van der Waals surface area contributed by atoms with Gasteiger partial charge in [0.25, 0.3) is 11.1 Å². The Kier molecular flexibility index (Phi) is 16.1. The first-order valence-corrected chi connectivity index (χ1v) is 29.1. The Morgan fingerprint density at radius 3 is 1.68 bits per heavy atom. The van der Waals surface area contributed by atoms with Gasteiger partial charge in [-0.3, -0.25) is 55.9 Å². The Bertz CT molecular complexity index is 3480. The third kappa shape index (κ3) is 12.1. The fourth-order valence-corrected chi connectivity index (χ4v) is 13.3. The number of hydrogen-bond acceptors (Lipinski definition) is 31. The molecule has 5 aromatic rings. The van der Waals surface area contributed by atoms with E-state index in [0.29, 0.717) is 0 Å². The SMILES string of the molecule is COC1C(OP(=O)(O)OC[C@H]2O[C@@H](n3cnc4c(=O)[nH]c(N)nc43)[C@@H](O)C2O)[C@@H](COP(=O)(O)OC2C(O)[C@H](n3cnc4c3N=CNC4N)O[C@@H]2COP(=O)(O)OP(=O)(O)OP(=O)(O)O)O[C@H]1n1cnc2c(=O)[nH]c(N)nc21. The van der Waals surface area contributed by atoms with E-state index >= 15 is 0 Å². The van der Waals surface area contributed by atoms with Gasteiger partial charge in [0.1, 0.15) is 66.8 Å². The monoisotopic (exact) mass is 1210 g/mol. The highest BCUT2D eigenvalue weighted by atomic mass is 31.3. The summed E-state index contributed by atoms with van der Waals surface area (Å²) < 4.78 is 124. The number of nitrogen functional groups attached to an aromatic ring is 2. The molecule has 42 nitrogen and oxygen atoms in total. The van der Waals surface area contributed by atoms with Gasteiger partial charge in [-0.25, -0.2) is 42.8 Å². The summed E-state index contributed by atoms with van der Waals surface area (Å²) in [6, 6.07) is 0. The van der Waals surface area contributed by atoms with Crippen LogP contribution in [-0.4, -0.2) is 181 Å². The van der Waals surface area contributed by atoms with Crippen LogP contribution in [0.3, 0.4) is 0 Å². The zero-order chi connectivity index (χ0) is 56.6. The van der Waals surface area contributed by atoms with E-state index in [1.165, 1.54) is 0 Å². The number of imidazole rings is 3. The van der Waals surface area contributed by atoms with Crippen LogP contribution in [0, 0.1) is 0 Å². The first kappa shape index (κ1) is 58.0. The van der Waals surface area contributed by atoms with Crippen LogP contribution in [0.25, 0.3) is 22.3 Å². The fraction of sp³-hybridized carbons (Fsp3) is 0.548. The highest BCUT2D eigenvalue weighted by Gasteiger charge is 2.55. The molecule has 0 amide bonds. The molecule has 78 heavy (non-hydrogen) atoms. The summed E-state index contributed by atoms with van der Waals surface area (Å²) in [4.78, 5) is 114. The fourth-order valence-electron chi connectivity index (χ4n) is 8.35. The number of nitrogens with one attached hydrogen (secondary N) is 3. The zero-order valence-electron chi connectivity index (χ0n) is 38.8. The van der Waals surface area contributed by atoms with E-state index in [1.54, 1.807) is 0 Å². The van der Waals surface area contributed by atoms with Crippen molar-refractivity contribution in [2.75, 3.05) is 38.4 Å². The predicted octanol–water partition coefficient (Wildman–Crippen LogP) is -4.33. The van der Waals surface area contributed by atoms with Crippen LogP contribution in [-0.2, 0) is 73.0 Å². The van der Waals surface area contributed by atoms with Crippen molar-refractivity contribution in [2.45, 2.75) is 79.8 Å². The van der Waals surface area contributed by atoms with Gasteiger partial charge in [0, 0.05) is 7.11 Å². The lowest BCUT2D eigenvalue weighted by atomic mass is 10.1. The van der Waals surface area contributed by atoms with Crippen molar-refractivity contribution in [3.8, 4) is 0 Å². The van der Waals surface area contributed by atoms with Crippen molar-refractivity contribution in [2.24, 2.45) is 10.7 Å². The molecule has 5 aromatic heterocycles. The molecule has 430 valence electrons. The molecule has 18 N–H and O–H groups in total. The summed E-state index contributed by atoms with van der Waals surface area (Å²) in [7, 11) is -28.0. The van der Waals surface area contributed by atoms with Gasteiger partial charge in [0.05, 0.1) is 45.1 Å². The van der Waals surface area contributed by atoms with Gasteiger partial charge >= 0.3 is 39.1 Å². The van der Waals surface area contributed by atoms with Gasteiger partial charge in [-0.2, -0.15) is 18.6 Å². The van der Waals surface area contributed by atoms with E-state index in [-0.39, 0.29) is 39.8 Å². The van der Waals surface area contributed by atoms with E-state index < -0.39 is 156 Å². The van der Waals surface area contributed by atoms with Gasteiger partial charge in [-0.1, -0.05) is 0 Å². The maximum Gasteiger partial charge on any atom is 0.490 e. The van der Waals surface area contributed by atoms with Crippen molar-refractivity contribution in [3.63, 3.8) is 0 Å². The minimum Gasteiger partial charge on any atom is -0.387 e. The van der Waals surface area contributed by atoms with Crippen LogP contribution in [0.5, 0.6) is 0 Å². The number of aromatic amines is 2. The Balaban J connectivity index is 0.952. The number of nitrogens with zero attached hydrogens (tertiary/aromatic N) is 9. The number of hydrogen-bond donors (Lipinski definition) is 15. The van der Waals surface area contributed by atoms with Crippen molar-refractivity contribution >= 4 is 85.5 Å². The molecule has 47 heteroatoms. The number of rotatable bonds is 21. The topological polar surface area (TPSA) is 616 Å². The molecule has 3 fully saturated rings. The summed E-state index contributed by atoms with van der Waals surface area (Å²) in [5.41, 5.74) is 15.1. The third-order valence-electron chi connectivity index (χ3n) is 11.6. The number of ether oxygens (including phenoxy) is 4. The lowest BCUT2D eigenvalue weighted by Gasteiger charge is -2.27. The van der Waals surface area contributed by atoms with Gasteiger partial charge < -0.3 is 86.1 Å². The van der Waals surface area contributed by atoms with Crippen LogP contribution in [0.1, 0.15) is 30.5 Å². The third-order valence-corrected chi connectivity index (χ3v) is 17.4. The standard InChI is InChI=1S/C31H44N15O27P5/c1-63-20-19(71-76(57,58)64-2-9-15(47)16(48)27(67-9)45-7-38-13-23(45)40-30(33)42-25(13)50)11(69-29(20)46-8-39-14-24(46)41-31(34)43-26(14)51)4-65-75(55,56)70-18-10(3-66-77(59,60)73-78(61,62)72-74(52,53)54)68-28(17(18)49)44-6-37-12-21(32)35-5-36-22(12)44/h5-11,15-21,27-29,47-49H,2-4,32H2,1H3,(H,35,36)(H,55,56)(H,57,58)(H,59,60)(H,61,62)(H2,52,53,54)(H3,33,40,42,50)(H3,34,41,43,51)/t9-,10-,11-,15?,16+,17?,18?,19?,20?,21?,27-,28-,29-/m1/s1. The molecule has 9 heterocycles. The number of phosphoric acid groups is 5. The summed E-state index contributed by atoms with van der Waals surface area (Å²) in [5, 5.41) is 36.1. The Morgan fingerprint density at radius 2 is 1.10 bits per heavy atom. The zero-order valence-corrected chi connectivity index (χ0v) is 43.3. The lowest BCUT2D eigenvalue weighted by Crippen LogP contribution is -2.38. The molecule has 17 atom stereocenters. The maximum atomic E-state index is 14.0. The highest BCUT2D eigenvalue weighted by Crippen LogP contribution is 2.66. The number of H-pyrrole nitrogens is 2. The van der Waals surface area contributed by atoms with Crippen molar-refractivity contribution in [3.05, 3.63) is 45.4 Å². The van der Waals surface area contributed by atoms with Crippen LogP contribution in [0.15, 0.2) is 33.6 Å². The Labute approximate surface area is 430 Å². The summed E-state index contributed by atoms with van der Waals surface area (Å²) in [6.07, 6.45) is -18.6. The summed E-state index contributed by atoms with van der Waals surface area (Å²) >= 11 is 0. The second-order valence-electron chi connectivity index (χ2n) is 16.7. The number of methoxy groups -OCH3 is 1. The van der Waals surface area contributed by atoms with Crippen LogP contribution in [0.4, 0.5) is 17.7 Å². The number of fused-ring (bicyclic) bond motifs is 3. The predicted molar refractivity (Wildman–Crippen MR) is 247 cm³/mol. The molecule has 0 spiro atoms. The van der Waals surface area contributed by atoms with Crippen LogP contribution < -0.4 is 33.6 Å². The number of aromatic nitrogens is 10. The van der Waals surface area contributed by atoms with Gasteiger partial charge in [-0.05, 0) is 0 Å². The number of nitrogens with two attached hydrogens (primary N) is 3. The minimum absolute atomic E-state index is 0.0506. The van der Waals surface area contributed by atoms with E-state index in [1.807, 2.05) is 0 Å². The quantitative estimate of drug-likeness (QED) is 0.0309. The number of aliphatic hydroxyl groups is 3. The smallest absolute Gasteiger partial charge is 0.387 e. The second kappa shape index (κ2) is 21.6. The normalized spacial score (nSPS) is 31.4. The molecule has 0 aliphatic carbocycles. The average molecular weight is 1210 g/mol. The molecular weight excluding hydrogens is 1170 g/mol. The Hall–Kier alpha value is -4.71. The van der Waals surface area contributed by atoms with Crippen LogP contribution in [0.2, 0.25) is 0 Å². The van der Waals surface area contributed by atoms with Gasteiger partial charge in [-0.15, -0.1) is 0 Å². The minimum atomic E-state index is -6.06. The lowest BCUT2D eigenvalue weighted by molar-refractivity contribution is -0.0628. The van der Waals surface area contributed by atoms with Gasteiger partial charge in [0.2, 0.25) is 11.9 Å². The van der Waals surface area contributed by atoms with E-state index in [9.17, 15) is 67.3 Å². The van der Waals surface area contributed by atoms with E-state index in [2.05, 4.69) is 58.3 Å². The first-order valence-electron chi connectivity index (χ1n) is 21.6. The molecular formula is C31H44N15O27P5. The van der Waals surface area contributed by atoms with Gasteiger partial charge in [0.15, 0.2) is 46.8 Å². The molecule has 4 aliphatic heterocycles. The average Bonchev–Trinajstić information content (AvgIpc) is 4.40. The summed E-state index contributed by atoms with van der Waals surface area (Å²) in [6.45, 7) is -3.58. The van der Waals surface area contributed by atoms with Crippen LogP contribution >= 0.6 is 39.1 Å². The van der Waals surface area contributed by atoms with E-state index in [0.717, 1.165) is 46.1 Å². The highest BCUT2D eigenvalue weighted by molar-refractivity contribution is 7.66. The molecule has 0 bridgehead atoms. The first-order chi connectivity index (χ1) is 36.4. The van der Waals surface area contributed by atoms with Crippen molar-refractivity contribution in [1.29, 1.82) is 0 Å². The Morgan fingerprint density at radius 1 is 0.615 bits per heavy atom. The number of phosphoric ester groups is 3. The largest absolute Gasteiger partial charge is 0.490 e. The molecule has 0 radical (unpaired) electrons. The number of aliphatic imine (C=N–C) groups is 1.